The van der Waals surface area contributed by atoms with E-state index in [0.29, 0.717) is 18.1 Å². The Bertz CT molecular complexity index is 858. The van der Waals surface area contributed by atoms with Crippen LogP contribution >= 0.6 is 11.3 Å². The fourth-order valence-corrected chi connectivity index (χ4v) is 3.19. The van der Waals surface area contributed by atoms with E-state index in [1.807, 2.05) is 52.7 Å². The third kappa shape index (κ3) is 3.11. The van der Waals surface area contributed by atoms with E-state index in [9.17, 15) is 4.79 Å². The van der Waals surface area contributed by atoms with Gasteiger partial charge in [-0.25, -0.2) is 4.98 Å². The third-order valence-corrected chi connectivity index (χ3v) is 4.44. The van der Waals surface area contributed by atoms with Gasteiger partial charge in [0.15, 0.2) is 16.6 Å². The van der Waals surface area contributed by atoms with E-state index in [-0.39, 0.29) is 12.7 Å². The number of hydrogen-bond donors (Lipinski definition) is 1. The van der Waals surface area contributed by atoms with Crippen molar-refractivity contribution in [3.8, 4) is 22.8 Å². The van der Waals surface area contributed by atoms with Gasteiger partial charge in [0, 0.05) is 36.3 Å². The van der Waals surface area contributed by atoms with E-state index in [1.54, 1.807) is 0 Å². The van der Waals surface area contributed by atoms with Gasteiger partial charge < -0.3 is 19.4 Å². The third-order valence-electron chi connectivity index (χ3n) is 3.68. The Morgan fingerprint density at radius 1 is 1.25 bits per heavy atom. The number of rotatable bonds is 5. The number of anilines is 1. The largest absolute Gasteiger partial charge is 0.454 e. The molecule has 0 fully saturated rings. The molecule has 1 amide bonds. The lowest BCUT2D eigenvalue weighted by Crippen LogP contribution is -2.13. The summed E-state index contributed by atoms with van der Waals surface area (Å²) in [6, 6.07) is 9.58. The van der Waals surface area contributed by atoms with Crippen molar-refractivity contribution in [3.05, 3.63) is 48.1 Å². The molecule has 7 heteroatoms. The van der Waals surface area contributed by atoms with E-state index < -0.39 is 0 Å². The number of thiazole rings is 1. The minimum atomic E-state index is -0.0460. The van der Waals surface area contributed by atoms with Crippen LogP contribution in [0.15, 0.2) is 48.1 Å². The normalized spacial score (nSPS) is 12.3. The lowest BCUT2D eigenvalue weighted by atomic mass is 10.1. The molecule has 1 aromatic carbocycles. The fourth-order valence-electron chi connectivity index (χ4n) is 2.45. The zero-order valence-electron chi connectivity index (χ0n) is 12.8. The molecule has 0 radical (unpaired) electrons. The Kier molecular flexibility index (Phi) is 3.92. The molecule has 0 spiro atoms. The Morgan fingerprint density at radius 2 is 2.08 bits per heavy atom. The average Bonchev–Trinajstić information content (AvgIpc) is 3.33. The second kappa shape index (κ2) is 6.37. The van der Waals surface area contributed by atoms with Gasteiger partial charge in [0.25, 0.3) is 0 Å². The Labute approximate surface area is 142 Å². The molecule has 0 bridgehead atoms. The molecule has 3 aromatic rings. The van der Waals surface area contributed by atoms with Crippen molar-refractivity contribution in [1.29, 1.82) is 0 Å². The van der Waals surface area contributed by atoms with Crippen LogP contribution in [0, 0.1) is 0 Å². The van der Waals surface area contributed by atoms with Gasteiger partial charge in [0.2, 0.25) is 12.7 Å². The molecule has 0 saturated carbocycles. The van der Waals surface area contributed by atoms with Gasteiger partial charge in [-0.05, 0) is 30.3 Å². The predicted octanol–water partition coefficient (Wildman–Crippen LogP) is 3.37. The van der Waals surface area contributed by atoms with Crippen molar-refractivity contribution in [3.63, 3.8) is 0 Å². The first kappa shape index (κ1) is 14.8. The molecule has 2 aromatic heterocycles. The Balaban J connectivity index is 1.40. The van der Waals surface area contributed by atoms with Crippen LogP contribution in [0.1, 0.15) is 6.42 Å². The fraction of sp³-hybridized carbons (Fsp3) is 0.176. The molecule has 122 valence electrons. The molecule has 0 atom stereocenters. The highest BCUT2D eigenvalue weighted by Crippen LogP contribution is 2.36. The summed E-state index contributed by atoms with van der Waals surface area (Å²) in [5.41, 5.74) is 1.74. The van der Waals surface area contributed by atoms with Gasteiger partial charge in [0.1, 0.15) is 0 Å². The summed E-state index contributed by atoms with van der Waals surface area (Å²) < 4.78 is 12.7. The summed E-state index contributed by atoms with van der Waals surface area (Å²) >= 11 is 1.41. The number of amides is 1. The summed E-state index contributed by atoms with van der Waals surface area (Å²) in [4.78, 5) is 16.5. The molecule has 1 aliphatic rings. The van der Waals surface area contributed by atoms with Gasteiger partial charge in [-0.2, -0.15) is 0 Å². The molecular formula is C17H15N3O3S. The number of fused-ring (bicyclic) bond motifs is 1. The van der Waals surface area contributed by atoms with Crippen molar-refractivity contribution in [2.24, 2.45) is 0 Å². The number of carbonyl (C=O) groups is 1. The summed E-state index contributed by atoms with van der Waals surface area (Å²) in [6.07, 6.45) is 4.29. The maximum absolute atomic E-state index is 12.0. The van der Waals surface area contributed by atoms with E-state index in [4.69, 9.17) is 9.47 Å². The lowest BCUT2D eigenvalue weighted by Gasteiger charge is -2.03. The maximum atomic E-state index is 12.0. The molecular weight excluding hydrogens is 326 g/mol. The summed E-state index contributed by atoms with van der Waals surface area (Å²) in [7, 11) is 0. The van der Waals surface area contributed by atoms with Crippen LogP contribution in [0.5, 0.6) is 11.5 Å². The van der Waals surface area contributed by atoms with Crippen molar-refractivity contribution in [1.82, 2.24) is 9.55 Å². The number of ether oxygens (including phenoxy) is 2. The predicted molar refractivity (Wildman–Crippen MR) is 91.4 cm³/mol. The summed E-state index contributed by atoms with van der Waals surface area (Å²) in [6.45, 7) is 0.901. The molecule has 1 N–H and O–H groups in total. The number of aromatic nitrogens is 2. The number of nitrogens with zero attached hydrogens (tertiary/aromatic N) is 2. The second-order valence-corrected chi connectivity index (χ2v) is 6.18. The zero-order valence-corrected chi connectivity index (χ0v) is 13.6. The first-order valence-corrected chi connectivity index (χ1v) is 8.42. The number of carbonyl (C=O) groups excluding carboxylic acids is 1. The quantitative estimate of drug-likeness (QED) is 0.773. The molecule has 0 aliphatic carbocycles. The van der Waals surface area contributed by atoms with Crippen molar-refractivity contribution >= 4 is 22.4 Å². The highest BCUT2D eigenvalue weighted by atomic mass is 32.1. The van der Waals surface area contributed by atoms with E-state index in [2.05, 4.69) is 10.3 Å². The van der Waals surface area contributed by atoms with Crippen LogP contribution in [-0.2, 0) is 11.3 Å². The number of benzene rings is 1. The van der Waals surface area contributed by atoms with Crippen molar-refractivity contribution in [2.45, 2.75) is 13.0 Å². The molecule has 4 rings (SSSR count). The molecule has 0 saturated heterocycles. The van der Waals surface area contributed by atoms with Gasteiger partial charge in [0.05, 0.1) is 5.69 Å². The SMILES string of the molecule is O=C(CCn1cccc1)Nc1nc(-c2ccc3c(c2)OCO3)cs1. The smallest absolute Gasteiger partial charge is 0.231 e. The van der Waals surface area contributed by atoms with Gasteiger partial charge in [-0.3, -0.25) is 4.79 Å². The zero-order chi connectivity index (χ0) is 16.4. The van der Waals surface area contributed by atoms with Gasteiger partial charge in [-0.15, -0.1) is 11.3 Å². The number of aryl methyl sites for hydroxylation is 1. The van der Waals surface area contributed by atoms with Crippen LogP contribution < -0.4 is 14.8 Å². The molecule has 6 nitrogen and oxygen atoms in total. The lowest BCUT2D eigenvalue weighted by molar-refractivity contribution is -0.116. The monoisotopic (exact) mass is 341 g/mol. The Hall–Kier alpha value is -2.80. The highest BCUT2D eigenvalue weighted by Gasteiger charge is 2.15. The molecule has 1 aliphatic heterocycles. The van der Waals surface area contributed by atoms with Crippen molar-refractivity contribution < 1.29 is 14.3 Å². The maximum Gasteiger partial charge on any atom is 0.231 e. The minimum Gasteiger partial charge on any atom is -0.454 e. The van der Waals surface area contributed by atoms with Crippen LogP contribution in [0.4, 0.5) is 5.13 Å². The van der Waals surface area contributed by atoms with Gasteiger partial charge in [-0.1, -0.05) is 0 Å². The van der Waals surface area contributed by atoms with E-state index in [0.717, 1.165) is 22.8 Å². The number of hydrogen-bond acceptors (Lipinski definition) is 5. The number of nitrogens with one attached hydrogen (secondary N) is 1. The summed E-state index contributed by atoms with van der Waals surface area (Å²) in [5.74, 6) is 1.42. The van der Waals surface area contributed by atoms with Crippen molar-refractivity contribution in [2.75, 3.05) is 12.1 Å². The second-order valence-electron chi connectivity index (χ2n) is 5.32. The van der Waals surface area contributed by atoms with Crippen LogP contribution in [0.2, 0.25) is 0 Å². The minimum absolute atomic E-state index is 0.0460. The van der Waals surface area contributed by atoms with E-state index >= 15 is 0 Å². The molecule has 0 unspecified atom stereocenters. The standard InChI is InChI=1S/C17H15N3O3S/c21-16(5-8-20-6-1-2-7-20)19-17-18-13(10-24-17)12-3-4-14-15(9-12)23-11-22-14/h1-4,6-7,9-10H,5,8,11H2,(H,18,19,21). The topological polar surface area (TPSA) is 65.4 Å². The highest BCUT2D eigenvalue weighted by molar-refractivity contribution is 7.14. The van der Waals surface area contributed by atoms with Gasteiger partial charge >= 0.3 is 0 Å². The molecule has 3 heterocycles. The van der Waals surface area contributed by atoms with Crippen LogP contribution in [0.3, 0.4) is 0 Å². The van der Waals surface area contributed by atoms with Crippen LogP contribution in [0.25, 0.3) is 11.3 Å². The first-order valence-electron chi connectivity index (χ1n) is 7.54. The first-order chi connectivity index (χ1) is 11.8. The van der Waals surface area contributed by atoms with Crippen LogP contribution in [-0.4, -0.2) is 22.3 Å². The van der Waals surface area contributed by atoms with E-state index in [1.165, 1.54) is 11.3 Å². The molecule has 24 heavy (non-hydrogen) atoms. The average molecular weight is 341 g/mol. The Morgan fingerprint density at radius 3 is 2.96 bits per heavy atom. The summed E-state index contributed by atoms with van der Waals surface area (Å²) in [5, 5.41) is 5.36.